The van der Waals surface area contributed by atoms with Crippen molar-refractivity contribution in [2.45, 2.75) is 12.2 Å². The van der Waals surface area contributed by atoms with Gasteiger partial charge in [0.05, 0.1) is 6.61 Å². The molecule has 12 heavy (non-hydrogen) atoms. The summed E-state index contributed by atoms with van der Waals surface area (Å²) in [6, 6.07) is 0. The summed E-state index contributed by atoms with van der Waals surface area (Å²) in [6.45, 7) is 1.22. The highest BCUT2D eigenvalue weighted by molar-refractivity contribution is 7.50. The fourth-order valence-corrected chi connectivity index (χ4v) is 3.11. The van der Waals surface area contributed by atoms with Gasteiger partial charge in [0.25, 0.3) is 0 Å². The summed E-state index contributed by atoms with van der Waals surface area (Å²) >= 11 is 0. The van der Waals surface area contributed by atoms with Crippen molar-refractivity contribution in [3.05, 3.63) is 0 Å². The average molecular weight is 193 g/mol. The van der Waals surface area contributed by atoms with Gasteiger partial charge in [0.1, 0.15) is 0 Å². The zero-order valence-electron chi connectivity index (χ0n) is 6.43. The number of phosphoric acid groups is 1. The SMILES string of the molecule is CN1CCOC23OP(=O)(OC12)O3. The van der Waals surface area contributed by atoms with E-state index in [0.29, 0.717) is 6.61 Å². The highest BCUT2D eigenvalue weighted by Crippen LogP contribution is 2.75. The van der Waals surface area contributed by atoms with Crippen molar-refractivity contribution >= 4 is 7.82 Å². The van der Waals surface area contributed by atoms with Gasteiger partial charge in [0.15, 0.2) is 0 Å². The van der Waals surface area contributed by atoms with E-state index in [9.17, 15) is 4.57 Å². The molecule has 2 bridgehead atoms. The van der Waals surface area contributed by atoms with E-state index in [0.717, 1.165) is 6.54 Å². The molecule has 4 fully saturated rings. The molecule has 4 aliphatic heterocycles. The maximum atomic E-state index is 11.2. The Morgan fingerprint density at radius 1 is 1.58 bits per heavy atom. The Morgan fingerprint density at radius 2 is 2.33 bits per heavy atom. The Balaban J connectivity index is 1.97. The van der Waals surface area contributed by atoms with Crippen LogP contribution in [0.15, 0.2) is 0 Å². The summed E-state index contributed by atoms with van der Waals surface area (Å²) in [5, 5.41) is 0. The molecule has 4 rings (SSSR count). The average Bonchev–Trinajstić information content (AvgIpc) is 2.36. The van der Waals surface area contributed by atoms with Crippen molar-refractivity contribution < 1.29 is 22.9 Å². The van der Waals surface area contributed by atoms with Crippen LogP contribution < -0.4 is 0 Å². The number of hydrogen-bond acceptors (Lipinski definition) is 6. The van der Waals surface area contributed by atoms with Crippen LogP contribution in [0.25, 0.3) is 0 Å². The molecule has 1 unspecified atom stereocenters. The lowest BCUT2D eigenvalue weighted by molar-refractivity contribution is -0.379. The summed E-state index contributed by atoms with van der Waals surface area (Å²) in [6.07, 6.45) is -0.475. The molecule has 0 saturated carbocycles. The first-order valence-electron chi connectivity index (χ1n) is 3.68. The Bertz CT molecular complexity index is 271. The van der Waals surface area contributed by atoms with Gasteiger partial charge in [-0.3, -0.25) is 9.42 Å². The highest BCUT2D eigenvalue weighted by atomic mass is 31.2. The van der Waals surface area contributed by atoms with E-state index in [1.54, 1.807) is 0 Å². The number of morpholine rings is 1. The number of likely N-dealkylation sites (N-methyl/N-ethyl adjacent to an activating group) is 1. The molecule has 1 atom stereocenters. The van der Waals surface area contributed by atoms with Gasteiger partial charge in [-0.15, -0.1) is 0 Å². The lowest BCUT2D eigenvalue weighted by Crippen LogP contribution is -2.58. The van der Waals surface area contributed by atoms with E-state index >= 15 is 0 Å². The number of rotatable bonds is 0. The zero-order valence-corrected chi connectivity index (χ0v) is 7.32. The highest BCUT2D eigenvalue weighted by Gasteiger charge is 2.75. The van der Waals surface area contributed by atoms with Gasteiger partial charge in [-0.05, 0) is 7.05 Å². The molecule has 0 aromatic heterocycles. The van der Waals surface area contributed by atoms with Gasteiger partial charge in [-0.2, -0.15) is 0 Å². The summed E-state index contributed by atoms with van der Waals surface area (Å²) in [7, 11) is -1.38. The molecule has 0 aromatic carbocycles. The largest absolute Gasteiger partial charge is 0.485 e. The molecule has 0 radical (unpaired) electrons. The third kappa shape index (κ3) is 0.706. The first-order chi connectivity index (χ1) is 5.64. The number of phosphoric ester groups is 1. The van der Waals surface area contributed by atoms with E-state index in [1.807, 2.05) is 11.9 Å². The molecule has 1 spiro atoms. The van der Waals surface area contributed by atoms with Gasteiger partial charge in [0, 0.05) is 6.54 Å². The van der Waals surface area contributed by atoms with Crippen LogP contribution in [0.2, 0.25) is 0 Å². The van der Waals surface area contributed by atoms with Crippen LogP contribution in [-0.2, 0) is 22.9 Å². The molecule has 0 aromatic rings. The first-order valence-corrected chi connectivity index (χ1v) is 5.14. The van der Waals surface area contributed by atoms with Crippen molar-refractivity contribution in [1.82, 2.24) is 4.90 Å². The molecule has 0 amide bonds. The number of ether oxygens (including phenoxy) is 1. The Labute approximate surface area is 68.9 Å². The van der Waals surface area contributed by atoms with Crippen LogP contribution in [0.4, 0.5) is 0 Å². The lowest BCUT2D eigenvalue weighted by Gasteiger charge is -2.40. The number of hydrogen-bond donors (Lipinski definition) is 0. The molecule has 0 N–H and O–H groups in total. The van der Waals surface area contributed by atoms with Crippen LogP contribution in [0.5, 0.6) is 0 Å². The van der Waals surface area contributed by atoms with Crippen LogP contribution in [0.1, 0.15) is 0 Å². The normalized spacial score (nSPS) is 57.9. The van der Waals surface area contributed by atoms with E-state index in [-0.39, 0.29) is 0 Å². The monoisotopic (exact) mass is 193 g/mol. The summed E-state index contributed by atoms with van der Waals surface area (Å²) in [4.78, 5) is 1.86. The van der Waals surface area contributed by atoms with Gasteiger partial charge in [-0.1, -0.05) is 0 Å². The predicted molar refractivity (Wildman–Crippen MR) is 36.0 cm³/mol. The van der Waals surface area contributed by atoms with E-state index in [4.69, 9.17) is 18.3 Å². The Hall–Kier alpha value is 0.0300. The van der Waals surface area contributed by atoms with Gasteiger partial charge < -0.3 is 4.74 Å². The molecule has 6 nitrogen and oxygen atoms in total. The molecule has 68 valence electrons. The minimum atomic E-state index is -3.22. The van der Waals surface area contributed by atoms with Crippen LogP contribution >= 0.6 is 7.82 Å². The minimum Gasteiger partial charge on any atom is -0.322 e. The molecule has 4 aliphatic rings. The summed E-state index contributed by atoms with van der Waals surface area (Å²) in [5.74, 6) is -1.19. The molecule has 4 heterocycles. The number of nitrogens with zero attached hydrogens (tertiary/aromatic N) is 1. The summed E-state index contributed by atoms with van der Waals surface area (Å²) in [5.41, 5.74) is 0. The standard InChI is InChI=1S/C5H8NO5P/c1-6-2-3-8-5-4(6)9-12(7,10-5)11-5/h4H,2-3H2,1H3. The topological polar surface area (TPSA) is 57.2 Å². The third-order valence-electron chi connectivity index (χ3n) is 2.16. The molecule has 7 heteroatoms. The smallest absolute Gasteiger partial charge is 0.322 e. The van der Waals surface area contributed by atoms with E-state index in [1.165, 1.54) is 0 Å². The molecule has 4 saturated heterocycles. The molecular weight excluding hydrogens is 185 g/mol. The van der Waals surface area contributed by atoms with Crippen LogP contribution in [0, 0.1) is 0 Å². The maximum Gasteiger partial charge on any atom is 0.485 e. The van der Waals surface area contributed by atoms with Gasteiger partial charge in [0.2, 0.25) is 6.23 Å². The zero-order chi connectivity index (χ0) is 8.40. The predicted octanol–water partition coefficient (Wildman–Crippen LogP) is 0.113. The van der Waals surface area contributed by atoms with Crippen molar-refractivity contribution in [2.24, 2.45) is 0 Å². The third-order valence-corrected chi connectivity index (χ3v) is 3.57. The van der Waals surface area contributed by atoms with Crippen LogP contribution in [0.3, 0.4) is 0 Å². The second-order valence-corrected chi connectivity index (χ2v) is 4.49. The second-order valence-electron chi connectivity index (χ2n) is 3.02. The fraction of sp³-hybridized carbons (Fsp3) is 1.00. The maximum absolute atomic E-state index is 11.2. The van der Waals surface area contributed by atoms with Crippen molar-refractivity contribution in [3.63, 3.8) is 0 Å². The minimum absolute atomic E-state index is 0.475. The van der Waals surface area contributed by atoms with Crippen molar-refractivity contribution in [2.75, 3.05) is 20.2 Å². The van der Waals surface area contributed by atoms with Crippen LogP contribution in [-0.4, -0.2) is 37.3 Å². The van der Waals surface area contributed by atoms with Gasteiger partial charge in [-0.25, -0.2) is 13.6 Å². The fourth-order valence-electron chi connectivity index (χ4n) is 1.56. The van der Waals surface area contributed by atoms with Crippen molar-refractivity contribution in [3.8, 4) is 0 Å². The van der Waals surface area contributed by atoms with Gasteiger partial charge >= 0.3 is 13.8 Å². The Kier molecular flexibility index (Phi) is 1.19. The Morgan fingerprint density at radius 3 is 3.00 bits per heavy atom. The van der Waals surface area contributed by atoms with E-state index < -0.39 is 20.0 Å². The second kappa shape index (κ2) is 1.92. The summed E-state index contributed by atoms with van der Waals surface area (Å²) < 4.78 is 31.4. The van der Waals surface area contributed by atoms with Crippen molar-refractivity contribution in [1.29, 1.82) is 0 Å². The molecule has 0 aliphatic carbocycles. The quantitative estimate of drug-likeness (QED) is 0.509. The van der Waals surface area contributed by atoms with E-state index in [2.05, 4.69) is 0 Å². The lowest BCUT2D eigenvalue weighted by atomic mass is 10.3. The first kappa shape index (κ1) is 7.44. The molecular formula is C5H8NO5P.